The molecule has 0 unspecified atom stereocenters. The summed E-state index contributed by atoms with van der Waals surface area (Å²) in [4.78, 5) is 17.2. The zero-order chi connectivity index (χ0) is 30.0. The van der Waals surface area contributed by atoms with Gasteiger partial charge in [-0.3, -0.25) is 4.79 Å². The van der Waals surface area contributed by atoms with E-state index in [-0.39, 0.29) is 28.3 Å². The summed E-state index contributed by atoms with van der Waals surface area (Å²) in [5, 5.41) is 29.1. The second kappa shape index (κ2) is 18.4. The number of hydrogen-bond donors (Lipinski definition) is 0. The van der Waals surface area contributed by atoms with Gasteiger partial charge in [-0.2, -0.15) is 15.8 Å². The van der Waals surface area contributed by atoms with Crippen molar-refractivity contribution in [1.82, 2.24) is 4.90 Å². The minimum absolute atomic E-state index is 0.0596. The van der Waals surface area contributed by atoms with Gasteiger partial charge in [-0.25, -0.2) is 0 Å². The lowest BCUT2D eigenvalue weighted by atomic mass is 10.0. The lowest BCUT2D eigenvalue weighted by Gasteiger charge is -2.25. The summed E-state index contributed by atoms with van der Waals surface area (Å²) in [5.41, 5.74) is 2.06. The third-order valence-electron chi connectivity index (χ3n) is 7.17. The summed E-state index contributed by atoms with van der Waals surface area (Å²) in [6.07, 6.45) is 13.8. The molecule has 7 nitrogen and oxygen atoms in total. The highest BCUT2D eigenvalue weighted by molar-refractivity contribution is 6.05. The number of benzene rings is 1. The van der Waals surface area contributed by atoms with Gasteiger partial charge in [-0.15, -0.1) is 0 Å². The molecule has 0 N–H and O–H groups in total. The van der Waals surface area contributed by atoms with Crippen LogP contribution in [-0.2, 0) is 4.79 Å². The van der Waals surface area contributed by atoms with Gasteiger partial charge in [-0.05, 0) is 43.9 Å². The number of allylic oxidation sites excluding steroid dienone is 2. The maximum Gasteiger partial charge on any atom is 0.259 e. The Morgan fingerprint density at radius 3 is 2.12 bits per heavy atom. The summed E-state index contributed by atoms with van der Waals surface area (Å²) < 4.78 is 6.30. The molecule has 0 aromatic heterocycles. The minimum atomic E-state index is -0.367. The van der Waals surface area contributed by atoms with E-state index in [0.29, 0.717) is 19.6 Å². The van der Waals surface area contributed by atoms with Gasteiger partial charge in [0, 0.05) is 37.0 Å². The molecule has 1 aliphatic heterocycles. The molecule has 0 bridgehead atoms. The van der Waals surface area contributed by atoms with Crippen molar-refractivity contribution in [3.05, 3.63) is 52.3 Å². The third kappa shape index (κ3) is 9.26. The molecule has 0 saturated heterocycles. The van der Waals surface area contributed by atoms with E-state index in [0.717, 1.165) is 81.5 Å². The van der Waals surface area contributed by atoms with E-state index in [1.165, 1.54) is 11.3 Å². The first-order valence-corrected chi connectivity index (χ1v) is 15.2. The zero-order valence-corrected chi connectivity index (χ0v) is 25.3. The molecule has 0 saturated carbocycles. The lowest BCUT2D eigenvalue weighted by Crippen LogP contribution is -2.27. The standard InChI is InChI=1S/C34H45N5O2/c1-5-9-13-14-22-41-32-23-29(38(19-10-6-2)20-11-7-3)17-15-27(32)16-18-30-31(26-37)33(28(24-35)25-36)39(34(30)40)21-12-8-4/h15-18,23H,5-14,19-22H2,1-4H3/b18-16+. The highest BCUT2D eigenvalue weighted by atomic mass is 16.5. The molecule has 1 heterocycles. The highest BCUT2D eigenvalue weighted by Crippen LogP contribution is 2.34. The van der Waals surface area contributed by atoms with E-state index >= 15 is 0 Å². The number of unbranched alkanes of at least 4 members (excludes halogenated alkanes) is 6. The predicted molar refractivity (Wildman–Crippen MR) is 165 cm³/mol. The van der Waals surface area contributed by atoms with Crippen LogP contribution < -0.4 is 9.64 Å². The van der Waals surface area contributed by atoms with E-state index in [1.807, 2.05) is 25.1 Å². The van der Waals surface area contributed by atoms with Crippen molar-refractivity contribution in [2.24, 2.45) is 0 Å². The Hall–Kier alpha value is -4.02. The fraction of sp³-hybridized carbons (Fsp3) is 0.529. The molecule has 41 heavy (non-hydrogen) atoms. The minimum Gasteiger partial charge on any atom is -0.493 e. The van der Waals surface area contributed by atoms with Gasteiger partial charge in [0.1, 0.15) is 24.0 Å². The van der Waals surface area contributed by atoms with Gasteiger partial charge in [-0.1, -0.05) is 72.3 Å². The molecule has 0 aliphatic carbocycles. The molecule has 218 valence electrons. The van der Waals surface area contributed by atoms with Gasteiger partial charge >= 0.3 is 0 Å². The van der Waals surface area contributed by atoms with Crippen LogP contribution in [-0.4, -0.2) is 37.0 Å². The van der Waals surface area contributed by atoms with Crippen molar-refractivity contribution in [1.29, 1.82) is 15.8 Å². The van der Waals surface area contributed by atoms with Gasteiger partial charge in [0.2, 0.25) is 0 Å². The smallest absolute Gasteiger partial charge is 0.259 e. The van der Waals surface area contributed by atoms with Crippen LogP contribution in [0.2, 0.25) is 0 Å². The fourth-order valence-electron chi connectivity index (χ4n) is 4.74. The summed E-state index contributed by atoms with van der Waals surface area (Å²) >= 11 is 0. The van der Waals surface area contributed by atoms with Crippen LogP contribution in [0, 0.1) is 34.0 Å². The summed E-state index contributed by atoms with van der Waals surface area (Å²) in [6, 6.07) is 12.0. The summed E-state index contributed by atoms with van der Waals surface area (Å²) in [5.74, 6) is 0.374. The number of rotatable bonds is 18. The number of nitrogens with zero attached hydrogens (tertiary/aromatic N) is 5. The van der Waals surface area contributed by atoms with Gasteiger partial charge in [0.25, 0.3) is 5.91 Å². The molecule has 0 fully saturated rings. The van der Waals surface area contributed by atoms with Gasteiger partial charge in [0.15, 0.2) is 5.57 Å². The van der Waals surface area contributed by atoms with Crippen LogP contribution in [0.5, 0.6) is 5.75 Å². The number of nitriles is 3. The number of carbonyl (C=O) groups excluding carboxylic acids is 1. The number of anilines is 1. The number of amides is 1. The third-order valence-corrected chi connectivity index (χ3v) is 7.17. The number of ether oxygens (including phenoxy) is 1. The van der Waals surface area contributed by atoms with E-state index in [2.05, 4.69) is 43.9 Å². The van der Waals surface area contributed by atoms with E-state index in [1.54, 1.807) is 12.2 Å². The van der Waals surface area contributed by atoms with Crippen LogP contribution in [0.3, 0.4) is 0 Å². The quantitative estimate of drug-likeness (QED) is 0.135. The highest BCUT2D eigenvalue weighted by Gasteiger charge is 2.36. The van der Waals surface area contributed by atoms with Crippen LogP contribution in [0.15, 0.2) is 46.7 Å². The van der Waals surface area contributed by atoms with Crippen LogP contribution in [0.1, 0.15) is 97.5 Å². The second-order valence-electron chi connectivity index (χ2n) is 10.3. The molecule has 0 radical (unpaired) electrons. The van der Waals surface area contributed by atoms with Crippen LogP contribution >= 0.6 is 0 Å². The Bertz CT molecular complexity index is 1220. The van der Waals surface area contributed by atoms with Crippen molar-refractivity contribution in [3.63, 3.8) is 0 Å². The zero-order valence-electron chi connectivity index (χ0n) is 25.3. The predicted octanol–water partition coefficient (Wildman–Crippen LogP) is 7.83. The van der Waals surface area contributed by atoms with Crippen molar-refractivity contribution in [2.45, 2.75) is 91.9 Å². The Kier molecular flexibility index (Phi) is 14.9. The monoisotopic (exact) mass is 555 g/mol. The number of hydrogen-bond acceptors (Lipinski definition) is 6. The molecule has 1 aromatic carbocycles. The first kappa shape index (κ1) is 33.2. The van der Waals surface area contributed by atoms with Crippen LogP contribution in [0.4, 0.5) is 5.69 Å². The Morgan fingerprint density at radius 1 is 0.878 bits per heavy atom. The molecule has 1 aliphatic rings. The molecular weight excluding hydrogens is 510 g/mol. The largest absolute Gasteiger partial charge is 0.493 e. The van der Waals surface area contributed by atoms with Gasteiger partial charge < -0.3 is 14.5 Å². The van der Waals surface area contributed by atoms with Crippen molar-refractivity contribution in [3.8, 4) is 24.0 Å². The molecule has 1 amide bonds. The molecule has 0 atom stereocenters. The maximum atomic E-state index is 13.4. The number of carbonyl (C=O) groups is 1. The van der Waals surface area contributed by atoms with E-state index < -0.39 is 0 Å². The average molecular weight is 556 g/mol. The lowest BCUT2D eigenvalue weighted by molar-refractivity contribution is -0.124. The molecule has 1 aromatic rings. The SMILES string of the molecule is CCCCCCOc1cc(N(CCCC)CCCC)ccc1/C=C/C1=C(C#N)C(=C(C#N)C#N)N(CCCC)C1=O. The normalized spacial score (nSPS) is 13.0. The van der Waals surface area contributed by atoms with E-state index in [4.69, 9.17) is 4.74 Å². The summed E-state index contributed by atoms with van der Waals surface area (Å²) in [7, 11) is 0. The fourth-order valence-corrected chi connectivity index (χ4v) is 4.74. The maximum absolute atomic E-state index is 13.4. The Morgan fingerprint density at radius 2 is 1.54 bits per heavy atom. The molecular formula is C34H45N5O2. The molecule has 2 rings (SSSR count). The van der Waals surface area contributed by atoms with Crippen molar-refractivity contribution >= 4 is 17.7 Å². The van der Waals surface area contributed by atoms with E-state index in [9.17, 15) is 20.6 Å². The summed E-state index contributed by atoms with van der Waals surface area (Å²) in [6.45, 7) is 11.5. The van der Waals surface area contributed by atoms with Crippen molar-refractivity contribution < 1.29 is 9.53 Å². The topological polar surface area (TPSA) is 104 Å². The Balaban J connectivity index is 2.52. The Labute approximate surface area is 247 Å². The molecule has 7 heteroatoms. The average Bonchev–Trinajstić information content (AvgIpc) is 3.25. The first-order chi connectivity index (χ1) is 20.0. The van der Waals surface area contributed by atoms with Crippen LogP contribution in [0.25, 0.3) is 6.08 Å². The van der Waals surface area contributed by atoms with Gasteiger partial charge in [0.05, 0.1) is 23.5 Å². The van der Waals surface area contributed by atoms with Crippen molar-refractivity contribution in [2.75, 3.05) is 31.1 Å². The molecule has 0 spiro atoms. The second-order valence-corrected chi connectivity index (χ2v) is 10.3. The first-order valence-electron chi connectivity index (χ1n) is 15.2.